The molecule has 0 spiro atoms. The minimum Gasteiger partial charge on any atom is -0.443 e. The summed E-state index contributed by atoms with van der Waals surface area (Å²) in [5.41, 5.74) is 1.57. The maximum absolute atomic E-state index is 12.8. The van der Waals surface area contributed by atoms with Gasteiger partial charge in [0, 0.05) is 16.3 Å². The Morgan fingerprint density at radius 3 is 2.46 bits per heavy atom. The number of amides is 1. The van der Waals surface area contributed by atoms with Crippen LogP contribution >= 0.6 is 11.3 Å². The van der Waals surface area contributed by atoms with Gasteiger partial charge in [-0.2, -0.15) is 0 Å². The second kappa shape index (κ2) is 6.92. The summed E-state index contributed by atoms with van der Waals surface area (Å²) >= 11 is 1.40. The summed E-state index contributed by atoms with van der Waals surface area (Å²) in [7, 11) is 0. The molecule has 4 nitrogen and oxygen atoms in total. The number of aryl methyl sites for hydroxylation is 1. The highest BCUT2D eigenvalue weighted by Crippen LogP contribution is 2.32. The molecule has 132 valence electrons. The smallest absolute Gasteiger partial charge is 0.349 e. The monoisotopic (exact) mass is 365 g/mol. The van der Waals surface area contributed by atoms with Crippen molar-refractivity contribution in [3.8, 4) is 0 Å². The molecule has 1 fully saturated rings. The summed E-state index contributed by atoms with van der Waals surface area (Å²) in [6.45, 7) is 1.91. The molecular formula is C21H19NO3S. The molecule has 1 heterocycles. The van der Waals surface area contributed by atoms with Gasteiger partial charge in [0.2, 0.25) is 6.10 Å². The van der Waals surface area contributed by atoms with Crippen molar-refractivity contribution >= 4 is 33.3 Å². The number of carbonyl (C=O) groups is 2. The first-order valence-corrected chi connectivity index (χ1v) is 9.49. The van der Waals surface area contributed by atoms with E-state index in [1.54, 1.807) is 0 Å². The molecule has 2 aromatic carbocycles. The second-order valence-electron chi connectivity index (χ2n) is 6.53. The van der Waals surface area contributed by atoms with E-state index in [-0.39, 0.29) is 11.9 Å². The third-order valence-corrected chi connectivity index (χ3v) is 5.77. The lowest BCUT2D eigenvalue weighted by atomic mass is 10.1. The lowest BCUT2D eigenvalue weighted by Gasteiger charge is -2.17. The van der Waals surface area contributed by atoms with Crippen molar-refractivity contribution in [1.82, 2.24) is 5.32 Å². The Morgan fingerprint density at radius 2 is 1.77 bits per heavy atom. The van der Waals surface area contributed by atoms with Gasteiger partial charge in [-0.05, 0) is 36.8 Å². The highest BCUT2D eigenvalue weighted by molar-refractivity contribution is 7.21. The Hall–Kier alpha value is -2.66. The summed E-state index contributed by atoms with van der Waals surface area (Å²) in [6, 6.07) is 17.2. The first kappa shape index (κ1) is 16.8. The van der Waals surface area contributed by atoms with E-state index in [2.05, 4.69) is 5.32 Å². The van der Waals surface area contributed by atoms with Gasteiger partial charge in [-0.1, -0.05) is 48.5 Å². The summed E-state index contributed by atoms with van der Waals surface area (Å²) < 4.78 is 6.72. The zero-order valence-electron chi connectivity index (χ0n) is 14.4. The van der Waals surface area contributed by atoms with E-state index in [0.717, 1.165) is 28.5 Å². The molecule has 1 saturated carbocycles. The van der Waals surface area contributed by atoms with Gasteiger partial charge in [0.1, 0.15) is 4.88 Å². The van der Waals surface area contributed by atoms with Crippen molar-refractivity contribution < 1.29 is 14.3 Å². The van der Waals surface area contributed by atoms with Gasteiger partial charge < -0.3 is 10.1 Å². The SMILES string of the molecule is Cc1c(C(=O)O[C@H](C(=O)NC2CC2)c2ccccc2)sc2ccccc12. The van der Waals surface area contributed by atoms with Gasteiger partial charge in [0.15, 0.2) is 0 Å². The summed E-state index contributed by atoms with van der Waals surface area (Å²) in [4.78, 5) is 26.0. The molecule has 1 amide bonds. The minimum atomic E-state index is -0.936. The van der Waals surface area contributed by atoms with Crippen molar-refractivity contribution in [2.45, 2.75) is 31.9 Å². The van der Waals surface area contributed by atoms with Crippen molar-refractivity contribution in [2.75, 3.05) is 0 Å². The average Bonchev–Trinajstić information content (AvgIpc) is 3.42. The fourth-order valence-electron chi connectivity index (χ4n) is 2.93. The number of carbonyl (C=O) groups excluding carboxylic acids is 2. The number of hydrogen-bond donors (Lipinski definition) is 1. The molecule has 5 heteroatoms. The largest absolute Gasteiger partial charge is 0.443 e. The Balaban J connectivity index is 1.62. The molecule has 0 unspecified atom stereocenters. The van der Waals surface area contributed by atoms with Crippen LogP contribution in [0.15, 0.2) is 54.6 Å². The number of nitrogens with one attached hydrogen (secondary N) is 1. The molecule has 3 aromatic rings. The predicted molar refractivity (Wildman–Crippen MR) is 102 cm³/mol. The lowest BCUT2D eigenvalue weighted by Crippen LogP contribution is -2.33. The third kappa shape index (κ3) is 3.35. The topological polar surface area (TPSA) is 55.4 Å². The molecule has 1 N–H and O–H groups in total. The lowest BCUT2D eigenvalue weighted by molar-refractivity contribution is -0.130. The van der Waals surface area contributed by atoms with Crippen LogP contribution in [-0.4, -0.2) is 17.9 Å². The van der Waals surface area contributed by atoms with E-state index in [0.29, 0.717) is 10.4 Å². The summed E-state index contributed by atoms with van der Waals surface area (Å²) in [6.07, 6.45) is 1.03. The average molecular weight is 365 g/mol. The Kier molecular flexibility index (Phi) is 4.47. The Bertz CT molecular complexity index is 960. The zero-order chi connectivity index (χ0) is 18.1. The van der Waals surface area contributed by atoms with E-state index in [1.165, 1.54) is 11.3 Å². The number of rotatable bonds is 5. The van der Waals surface area contributed by atoms with Gasteiger partial charge in [-0.25, -0.2) is 4.79 Å². The van der Waals surface area contributed by atoms with Crippen LogP contribution in [0.1, 0.15) is 39.7 Å². The number of fused-ring (bicyclic) bond motifs is 1. The van der Waals surface area contributed by atoms with Crippen molar-refractivity contribution in [3.05, 3.63) is 70.6 Å². The number of thiophene rings is 1. The molecule has 0 aliphatic heterocycles. The van der Waals surface area contributed by atoms with Crippen LogP contribution in [0.25, 0.3) is 10.1 Å². The molecule has 4 rings (SSSR count). The third-order valence-electron chi connectivity index (χ3n) is 4.52. The fraction of sp³-hybridized carbons (Fsp3) is 0.238. The quantitative estimate of drug-likeness (QED) is 0.683. The maximum Gasteiger partial charge on any atom is 0.349 e. The number of esters is 1. The minimum absolute atomic E-state index is 0.207. The molecular weight excluding hydrogens is 346 g/mol. The highest BCUT2D eigenvalue weighted by Gasteiger charge is 2.31. The predicted octanol–water partition coefficient (Wildman–Crippen LogP) is 4.39. The van der Waals surface area contributed by atoms with E-state index in [4.69, 9.17) is 4.74 Å². The maximum atomic E-state index is 12.8. The molecule has 0 bridgehead atoms. The van der Waals surface area contributed by atoms with Gasteiger partial charge in [0.05, 0.1) is 0 Å². The van der Waals surface area contributed by atoms with Crippen LogP contribution < -0.4 is 5.32 Å². The first-order valence-electron chi connectivity index (χ1n) is 8.68. The van der Waals surface area contributed by atoms with Crippen LogP contribution in [0.2, 0.25) is 0 Å². The van der Waals surface area contributed by atoms with Crippen LogP contribution in [-0.2, 0) is 9.53 Å². The van der Waals surface area contributed by atoms with Gasteiger partial charge >= 0.3 is 5.97 Å². The number of ether oxygens (including phenoxy) is 1. The van der Waals surface area contributed by atoms with Gasteiger partial charge in [-0.3, -0.25) is 4.79 Å². The fourth-order valence-corrected chi connectivity index (χ4v) is 4.03. The highest BCUT2D eigenvalue weighted by atomic mass is 32.1. The summed E-state index contributed by atoms with van der Waals surface area (Å²) in [5, 5.41) is 3.98. The standard InChI is InChI=1S/C21H19NO3S/c1-13-16-9-5-6-10-17(16)26-19(13)21(24)25-18(14-7-3-2-4-8-14)20(23)22-15-11-12-15/h2-10,15,18H,11-12H2,1H3,(H,22,23)/t18-/m0/s1. The van der Waals surface area contributed by atoms with Crippen molar-refractivity contribution in [1.29, 1.82) is 0 Å². The zero-order valence-corrected chi connectivity index (χ0v) is 15.2. The Labute approximate surface area is 155 Å². The molecule has 0 radical (unpaired) electrons. The van der Waals surface area contributed by atoms with E-state index < -0.39 is 12.1 Å². The number of benzene rings is 2. The van der Waals surface area contributed by atoms with Crippen LogP contribution in [0, 0.1) is 6.92 Å². The number of hydrogen-bond acceptors (Lipinski definition) is 4. The van der Waals surface area contributed by atoms with E-state index in [1.807, 2.05) is 61.5 Å². The van der Waals surface area contributed by atoms with E-state index in [9.17, 15) is 9.59 Å². The van der Waals surface area contributed by atoms with Crippen molar-refractivity contribution in [3.63, 3.8) is 0 Å². The van der Waals surface area contributed by atoms with Crippen LogP contribution in [0.5, 0.6) is 0 Å². The molecule has 0 saturated heterocycles. The van der Waals surface area contributed by atoms with Gasteiger partial charge in [0.25, 0.3) is 5.91 Å². The van der Waals surface area contributed by atoms with Crippen LogP contribution in [0.4, 0.5) is 0 Å². The van der Waals surface area contributed by atoms with E-state index >= 15 is 0 Å². The summed E-state index contributed by atoms with van der Waals surface area (Å²) in [5.74, 6) is -0.714. The van der Waals surface area contributed by atoms with Crippen molar-refractivity contribution in [2.24, 2.45) is 0 Å². The molecule has 1 aliphatic rings. The normalized spacial score (nSPS) is 14.8. The molecule has 26 heavy (non-hydrogen) atoms. The molecule has 1 atom stereocenters. The van der Waals surface area contributed by atoms with Crippen LogP contribution in [0.3, 0.4) is 0 Å². The first-order chi connectivity index (χ1) is 12.6. The Morgan fingerprint density at radius 1 is 1.08 bits per heavy atom. The molecule has 1 aliphatic carbocycles. The van der Waals surface area contributed by atoms with Gasteiger partial charge in [-0.15, -0.1) is 11.3 Å². The molecule has 1 aromatic heterocycles. The second-order valence-corrected chi connectivity index (χ2v) is 7.58.